The van der Waals surface area contributed by atoms with Crippen LogP contribution in [-0.4, -0.2) is 38.2 Å². The van der Waals surface area contributed by atoms with Gasteiger partial charge in [-0.2, -0.15) is 0 Å². The Kier molecular flexibility index (Phi) is 4.49. The molecule has 0 aliphatic carbocycles. The molecule has 0 bridgehead atoms. The number of hydrogen-bond donors (Lipinski definition) is 1. The molecule has 2 N–H and O–H groups in total. The predicted octanol–water partition coefficient (Wildman–Crippen LogP) is 2.60. The average molecular weight is 297 g/mol. The number of piperazine rings is 1. The summed E-state index contributed by atoms with van der Waals surface area (Å²) in [6.07, 6.45) is 0. The number of ether oxygens (including phenoxy) is 1. The minimum absolute atomic E-state index is 0.867. The van der Waals surface area contributed by atoms with Gasteiger partial charge in [-0.15, -0.1) is 0 Å². The first-order valence-electron chi connectivity index (χ1n) is 7.71. The molecule has 1 saturated heterocycles. The molecule has 0 atom stereocenters. The van der Waals surface area contributed by atoms with Gasteiger partial charge in [0, 0.05) is 32.7 Å². The number of benzene rings is 2. The van der Waals surface area contributed by atoms with Crippen molar-refractivity contribution >= 4 is 11.4 Å². The molecule has 1 aliphatic rings. The van der Waals surface area contributed by atoms with E-state index in [-0.39, 0.29) is 0 Å². The van der Waals surface area contributed by atoms with Crippen LogP contribution in [0.15, 0.2) is 48.5 Å². The predicted molar refractivity (Wildman–Crippen MR) is 91.3 cm³/mol. The van der Waals surface area contributed by atoms with Crippen LogP contribution in [0.25, 0.3) is 0 Å². The third kappa shape index (κ3) is 3.34. The van der Waals surface area contributed by atoms with E-state index in [1.165, 1.54) is 5.56 Å². The molecular formula is C18H23N3O. The molecule has 1 heterocycles. The Balaban J connectivity index is 1.56. The lowest BCUT2D eigenvalue weighted by Gasteiger charge is -2.36. The lowest BCUT2D eigenvalue weighted by atomic mass is 10.1. The molecule has 0 radical (unpaired) electrons. The number of hydrogen-bond acceptors (Lipinski definition) is 4. The van der Waals surface area contributed by atoms with Crippen LogP contribution in [0.5, 0.6) is 5.75 Å². The van der Waals surface area contributed by atoms with E-state index < -0.39 is 0 Å². The SMILES string of the molecule is COc1ccc(CN2CCN(c3ccccc3N)CC2)cc1. The summed E-state index contributed by atoms with van der Waals surface area (Å²) in [7, 11) is 1.70. The molecular weight excluding hydrogens is 274 g/mol. The van der Waals surface area contributed by atoms with Crippen LogP contribution < -0.4 is 15.4 Å². The van der Waals surface area contributed by atoms with Crippen molar-refractivity contribution in [1.29, 1.82) is 0 Å². The van der Waals surface area contributed by atoms with E-state index in [4.69, 9.17) is 10.5 Å². The van der Waals surface area contributed by atoms with Gasteiger partial charge in [0.2, 0.25) is 0 Å². The van der Waals surface area contributed by atoms with E-state index >= 15 is 0 Å². The number of nitrogens with zero attached hydrogens (tertiary/aromatic N) is 2. The Morgan fingerprint density at radius 2 is 1.64 bits per heavy atom. The zero-order valence-electron chi connectivity index (χ0n) is 13.0. The van der Waals surface area contributed by atoms with Crippen molar-refractivity contribution in [3.05, 3.63) is 54.1 Å². The summed E-state index contributed by atoms with van der Waals surface area (Å²) in [5.41, 5.74) is 9.42. The highest BCUT2D eigenvalue weighted by molar-refractivity contribution is 5.67. The van der Waals surface area contributed by atoms with E-state index in [1.54, 1.807) is 7.11 Å². The second-order valence-corrected chi connectivity index (χ2v) is 5.67. The Hall–Kier alpha value is -2.20. The summed E-state index contributed by atoms with van der Waals surface area (Å²) in [6.45, 7) is 5.14. The van der Waals surface area contributed by atoms with Gasteiger partial charge in [0.15, 0.2) is 0 Å². The molecule has 3 rings (SSSR count). The summed E-state index contributed by atoms with van der Waals surface area (Å²) in [6, 6.07) is 16.4. The lowest BCUT2D eigenvalue weighted by Crippen LogP contribution is -2.46. The van der Waals surface area contributed by atoms with Crippen molar-refractivity contribution in [2.24, 2.45) is 0 Å². The summed E-state index contributed by atoms with van der Waals surface area (Å²) < 4.78 is 5.20. The summed E-state index contributed by atoms with van der Waals surface area (Å²) in [5, 5.41) is 0. The molecule has 0 spiro atoms. The number of anilines is 2. The number of rotatable bonds is 4. The molecule has 1 aliphatic heterocycles. The Labute approximate surface area is 132 Å². The van der Waals surface area contributed by atoms with Gasteiger partial charge in [0.1, 0.15) is 5.75 Å². The summed E-state index contributed by atoms with van der Waals surface area (Å²) >= 11 is 0. The van der Waals surface area contributed by atoms with Gasteiger partial charge in [0.05, 0.1) is 18.5 Å². The third-order valence-corrected chi connectivity index (χ3v) is 4.21. The quantitative estimate of drug-likeness (QED) is 0.881. The number of methoxy groups -OCH3 is 1. The van der Waals surface area contributed by atoms with Gasteiger partial charge in [-0.05, 0) is 29.8 Å². The van der Waals surface area contributed by atoms with Gasteiger partial charge >= 0.3 is 0 Å². The van der Waals surface area contributed by atoms with Crippen molar-refractivity contribution in [3.63, 3.8) is 0 Å². The van der Waals surface area contributed by atoms with Crippen molar-refractivity contribution in [2.75, 3.05) is 43.9 Å². The van der Waals surface area contributed by atoms with Crippen LogP contribution in [0.4, 0.5) is 11.4 Å². The molecule has 22 heavy (non-hydrogen) atoms. The van der Waals surface area contributed by atoms with Gasteiger partial charge in [-0.25, -0.2) is 0 Å². The van der Waals surface area contributed by atoms with Gasteiger partial charge in [0.25, 0.3) is 0 Å². The highest BCUT2D eigenvalue weighted by Gasteiger charge is 2.18. The van der Waals surface area contributed by atoms with Crippen LogP contribution in [0.3, 0.4) is 0 Å². The topological polar surface area (TPSA) is 41.7 Å². The van der Waals surface area contributed by atoms with E-state index in [1.807, 2.05) is 24.3 Å². The highest BCUT2D eigenvalue weighted by atomic mass is 16.5. The number of para-hydroxylation sites is 2. The molecule has 1 fully saturated rings. The van der Waals surface area contributed by atoms with Crippen LogP contribution in [0.1, 0.15) is 5.56 Å². The summed E-state index contributed by atoms with van der Waals surface area (Å²) in [5.74, 6) is 0.910. The van der Waals surface area contributed by atoms with Crippen molar-refractivity contribution in [3.8, 4) is 5.75 Å². The second-order valence-electron chi connectivity index (χ2n) is 5.67. The zero-order chi connectivity index (χ0) is 15.4. The monoisotopic (exact) mass is 297 g/mol. The molecule has 0 saturated carbocycles. The number of nitrogen functional groups attached to an aromatic ring is 1. The molecule has 0 amide bonds. The van der Waals surface area contributed by atoms with E-state index in [0.717, 1.165) is 49.8 Å². The van der Waals surface area contributed by atoms with E-state index in [2.05, 4.69) is 34.1 Å². The lowest BCUT2D eigenvalue weighted by molar-refractivity contribution is 0.250. The first kappa shape index (κ1) is 14.7. The standard InChI is InChI=1S/C18H23N3O/c1-22-16-8-6-15(7-9-16)14-20-10-12-21(13-11-20)18-5-3-2-4-17(18)19/h2-9H,10-14,19H2,1H3. The third-order valence-electron chi connectivity index (χ3n) is 4.21. The minimum Gasteiger partial charge on any atom is -0.497 e. The maximum atomic E-state index is 6.07. The second kappa shape index (κ2) is 6.71. The normalized spacial score (nSPS) is 15.8. The smallest absolute Gasteiger partial charge is 0.118 e. The Morgan fingerprint density at radius 3 is 2.27 bits per heavy atom. The fourth-order valence-electron chi connectivity index (χ4n) is 2.91. The Morgan fingerprint density at radius 1 is 0.955 bits per heavy atom. The molecule has 2 aromatic rings. The molecule has 4 heteroatoms. The van der Waals surface area contributed by atoms with Crippen molar-refractivity contribution < 1.29 is 4.74 Å². The maximum absolute atomic E-state index is 6.07. The minimum atomic E-state index is 0.867. The largest absolute Gasteiger partial charge is 0.497 e. The van der Waals surface area contributed by atoms with Crippen molar-refractivity contribution in [1.82, 2.24) is 4.90 Å². The first-order chi connectivity index (χ1) is 10.8. The van der Waals surface area contributed by atoms with E-state index in [9.17, 15) is 0 Å². The van der Waals surface area contributed by atoms with Gasteiger partial charge in [-0.3, -0.25) is 4.90 Å². The zero-order valence-corrected chi connectivity index (χ0v) is 13.0. The van der Waals surface area contributed by atoms with Gasteiger partial charge < -0.3 is 15.4 Å². The molecule has 2 aromatic carbocycles. The van der Waals surface area contributed by atoms with Crippen LogP contribution in [-0.2, 0) is 6.54 Å². The van der Waals surface area contributed by atoms with Crippen LogP contribution in [0, 0.1) is 0 Å². The fraction of sp³-hybridized carbons (Fsp3) is 0.333. The highest BCUT2D eigenvalue weighted by Crippen LogP contribution is 2.24. The first-order valence-corrected chi connectivity index (χ1v) is 7.71. The maximum Gasteiger partial charge on any atom is 0.118 e. The van der Waals surface area contributed by atoms with Gasteiger partial charge in [-0.1, -0.05) is 24.3 Å². The molecule has 0 unspecified atom stereocenters. The van der Waals surface area contributed by atoms with E-state index in [0.29, 0.717) is 0 Å². The summed E-state index contributed by atoms with van der Waals surface area (Å²) in [4.78, 5) is 4.86. The van der Waals surface area contributed by atoms with Crippen LogP contribution >= 0.6 is 0 Å². The number of nitrogens with two attached hydrogens (primary N) is 1. The molecule has 116 valence electrons. The molecule has 0 aromatic heterocycles. The average Bonchev–Trinajstić information content (AvgIpc) is 2.57. The van der Waals surface area contributed by atoms with Crippen molar-refractivity contribution in [2.45, 2.75) is 6.54 Å². The fourth-order valence-corrected chi connectivity index (χ4v) is 2.91. The molecule has 4 nitrogen and oxygen atoms in total. The Bertz CT molecular complexity index is 604. The van der Waals surface area contributed by atoms with Crippen LogP contribution in [0.2, 0.25) is 0 Å².